The van der Waals surface area contributed by atoms with Crippen molar-refractivity contribution >= 4 is 27.5 Å². The van der Waals surface area contributed by atoms with Crippen LogP contribution >= 0.6 is 0 Å². The highest BCUT2D eigenvalue weighted by atomic mass is 32.2. The number of anilines is 1. The van der Waals surface area contributed by atoms with Crippen LogP contribution in [0.25, 0.3) is 11.3 Å². The van der Waals surface area contributed by atoms with E-state index in [2.05, 4.69) is 4.98 Å². The summed E-state index contributed by atoms with van der Waals surface area (Å²) in [5.41, 5.74) is 3.96. The van der Waals surface area contributed by atoms with Gasteiger partial charge in [0.25, 0.3) is 5.91 Å². The topological polar surface area (TPSA) is 131 Å². The van der Waals surface area contributed by atoms with E-state index in [9.17, 15) is 28.2 Å². The minimum atomic E-state index is -3.75. The van der Waals surface area contributed by atoms with Crippen molar-refractivity contribution in [2.24, 2.45) is 0 Å². The summed E-state index contributed by atoms with van der Waals surface area (Å²) in [4.78, 5) is 33.0. The molecule has 0 aliphatic carbocycles. The van der Waals surface area contributed by atoms with Gasteiger partial charge in [0.15, 0.2) is 0 Å². The van der Waals surface area contributed by atoms with Crippen molar-refractivity contribution in [3.63, 3.8) is 0 Å². The zero-order chi connectivity index (χ0) is 28.8. The van der Waals surface area contributed by atoms with Crippen LogP contribution in [-0.4, -0.2) is 76.9 Å². The second kappa shape index (κ2) is 10.5. The summed E-state index contributed by atoms with van der Waals surface area (Å²) >= 11 is 0. The smallest absolute Gasteiger partial charge is 0.262 e. The molecule has 40 heavy (non-hydrogen) atoms. The van der Waals surface area contributed by atoms with Gasteiger partial charge in [0.2, 0.25) is 15.9 Å². The largest absolute Gasteiger partial charge is 0.508 e. The van der Waals surface area contributed by atoms with E-state index in [4.69, 9.17) is 0 Å². The molecule has 2 N–H and O–H groups in total. The molecule has 0 unspecified atom stereocenters. The van der Waals surface area contributed by atoms with E-state index in [1.165, 1.54) is 29.6 Å². The first-order valence-corrected chi connectivity index (χ1v) is 14.6. The van der Waals surface area contributed by atoms with E-state index in [-0.39, 0.29) is 52.9 Å². The highest BCUT2D eigenvalue weighted by Gasteiger charge is 2.32. The molecule has 1 aromatic heterocycles. The molecule has 3 heterocycles. The predicted octanol–water partition coefficient (Wildman–Crippen LogP) is 3.30. The Hall–Kier alpha value is -3.96. The van der Waals surface area contributed by atoms with Gasteiger partial charge in [-0.25, -0.2) is 8.42 Å². The van der Waals surface area contributed by atoms with Gasteiger partial charge in [0, 0.05) is 62.7 Å². The van der Waals surface area contributed by atoms with E-state index in [1.807, 2.05) is 32.0 Å². The number of phenols is 2. The zero-order valence-electron chi connectivity index (χ0n) is 22.7. The number of aromatic nitrogens is 1. The third-order valence-corrected chi connectivity index (χ3v) is 9.55. The first-order valence-electron chi connectivity index (χ1n) is 13.2. The summed E-state index contributed by atoms with van der Waals surface area (Å²) in [7, 11) is -3.75. The van der Waals surface area contributed by atoms with Crippen LogP contribution in [-0.2, 0) is 21.2 Å². The lowest BCUT2D eigenvalue weighted by atomic mass is 9.92. The van der Waals surface area contributed by atoms with Gasteiger partial charge in [0.1, 0.15) is 16.4 Å². The number of nitrogens with zero attached hydrogens (tertiary/aromatic N) is 4. The molecule has 2 amide bonds. The molecule has 10 nitrogen and oxygen atoms in total. The van der Waals surface area contributed by atoms with Crippen LogP contribution in [0.4, 0.5) is 5.69 Å². The Labute approximate surface area is 233 Å². The summed E-state index contributed by atoms with van der Waals surface area (Å²) < 4.78 is 27.9. The molecule has 1 fully saturated rings. The van der Waals surface area contributed by atoms with Crippen molar-refractivity contribution in [1.29, 1.82) is 0 Å². The summed E-state index contributed by atoms with van der Waals surface area (Å²) in [5.74, 6) is -0.823. The maximum absolute atomic E-state index is 13.4. The Morgan fingerprint density at radius 3 is 2.38 bits per heavy atom. The molecule has 1 saturated heterocycles. The molecule has 11 heteroatoms. The molecule has 2 aromatic carbocycles. The number of aromatic hydroxyl groups is 2. The van der Waals surface area contributed by atoms with E-state index < -0.39 is 10.0 Å². The van der Waals surface area contributed by atoms with Gasteiger partial charge in [-0.2, -0.15) is 4.31 Å². The molecule has 210 valence electrons. The van der Waals surface area contributed by atoms with Gasteiger partial charge in [-0.3, -0.25) is 14.6 Å². The van der Waals surface area contributed by atoms with Crippen LogP contribution in [0.5, 0.6) is 11.5 Å². The number of hydrogen-bond acceptors (Lipinski definition) is 7. The summed E-state index contributed by atoms with van der Waals surface area (Å²) in [6.07, 6.45) is 2.84. The Kier molecular flexibility index (Phi) is 7.28. The van der Waals surface area contributed by atoms with Gasteiger partial charge in [-0.05, 0) is 68.1 Å². The van der Waals surface area contributed by atoms with Gasteiger partial charge >= 0.3 is 0 Å². The molecule has 0 bridgehead atoms. The number of benzene rings is 2. The minimum Gasteiger partial charge on any atom is -0.508 e. The zero-order valence-corrected chi connectivity index (χ0v) is 23.5. The van der Waals surface area contributed by atoms with E-state index >= 15 is 0 Å². The number of pyridine rings is 1. The second-order valence-corrected chi connectivity index (χ2v) is 12.3. The molecule has 5 rings (SSSR count). The molecule has 0 radical (unpaired) electrons. The lowest BCUT2D eigenvalue weighted by molar-refractivity contribution is -0.129. The van der Waals surface area contributed by atoms with Crippen LogP contribution in [0.2, 0.25) is 0 Å². The maximum atomic E-state index is 13.4. The number of piperazine rings is 1. The fourth-order valence-corrected chi connectivity index (χ4v) is 6.88. The third-order valence-electron chi connectivity index (χ3n) is 7.69. The maximum Gasteiger partial charge on any atom is 0.262 e. The second-order valence-electron chi connectivity index (χ2n) is 10.4. The van der Waals surface area contributed by atoms with Crippen molar-refractivity contribution in [3.05, 3.63) is 65.4 Å². The van der Waals surface area contributed by atoms with Crippen molar-refractivity contribution in [3.8, 4) is 22.8 Å². The highest BCUT2D eigenvalue weighted by Crippen LogP contribution is 2.37. The molecule has 2 aliphatic heterocycles. The van der Waals surface area contributed by atoms with Crippen molar-refractivity contribution < 1.29 is 28.2 Å². The van der Waals surface area contributed by atoms with Gasteiger partial charge in [-0.1, -0.05) is 6.07 Å². The molecular formula is C29H32N4O6S. The number of carbonyl (C=O) groups excluding carboxylic acids is 2. The fraction of sp³-hybridized carbons (Fsp3) is 0.345. The predicted molar refractivity (Wildman–Crippen MR) is 150 cm³/mol. The first-order chi connectivity index (χ1) is 19.0. The molecule has 0 spiro atoms. The Morgan fingerprint density at radius 2 is 1.73 bits per heavy atom. The van der Waals surface area contributed by atoms with Crippen LogP contribution in [0.15, 0.2) is 53.6 Å². The lowest BCUT2D eigenvalue weighted by Crippen LogP contribution is -2.49. The van der Waals surface area contributed by atoms with Gasteiger partial charge in [-0.15, -0.1) is 0 Å². The van der Waals surface area contributed by atoms with Gasteiger partial charge in [0.05, 0.1) is 11.3 Å². The molecular weight excluding hydrogens is 532 g/mol. The third kappa shape index (κ3) is 5.02. The number of phenolic OH excluding ortho intramolecular Hbond substituents is 2. The fourth-order valence-electron chi connectivity index (χ4n) is 5.42. The average Bonchev–Trinajstić information content (AvgIpc) is 2.92. The van der Waals surface area contributed by atoms with Gasteiger partial charge < -0.3 is 20.0 Å². The number of amides is 2. The number of rotatable bonds is 4. The quantitative estimate of drug-likeness (QED) is 0.497. The minimum absolute atomic E-state index is 0.0654. The molecule has 1 atom stereocenters. The molecule has 2 aliphatic rings. The molecule has 0 saturated carbocycles. The van der Waals surface area contributed by atoms with Crippen LogP contribution in [0.1, 0.15) is 41.8 Å². The van der Waals surface area contributed by atoms with Crippen LogP contribution in [0.3, 0.4) is 0 Å². The standard InChI is InChI=1S/C29H32N4O6S/c1-18-14-24(40(38,39)32-12-10-31(11-13-32)20(3)34)17-30-28(18)22-6-9-26-21(15-22)5-4-19(2)33(26)29(37)25-8-7-23(35)16-27(25)36/h6-9,14-17,19,35-36H,4-5,10-13H2,1-3H3/t19-/m0/s1. The monoisotopic (exact) mass is 564 g/mol. The Morgan fingerprint density at radius 1 is 1.00 bits per heavy atom. The SMILES string of the molecule is CC(=O)N1CCN(S(=O)(=O)c2cnc(-c3ccc4c(c3)CC[C@H](C)N4C(=O)c3ccc(O)cc3O)c(C)c2)CC1. The Balaban J connectivity index is 1.41. The van der Waals surface area contributed by atoms with Crippen molar-refractivity contribution in [1.82, 2.24) is 14.2 Å². The van der Waals surface area contributed by atoms with Crippen molar-refractivity contribution in [2.75, 3.05) is 31.1 Å². The summed E-state index contributed by atoms with van der Waals surface area (Å²) in [6, 6.07) is 11.2. The summed E-state index contributed by atoms with van der Waals surface area (Å²) in [6.45, 7) is 6.45. The van der Waals surface area contributed by atoms with Crippen LogP contribution in [0, 0.1) is 6.92 Å². The number of hydrogen-bond donors (Lipinski definition) is 2. The number of carbonyl (C=O) groups is 2. The van der Waals surface area contributed by atoms with E-state index in [1.54, 1.807) is 15.9 Å². The number of sulfonamides is 1. The molecule has 3 aromatic rings. The van der Waals surface area contributed by atoms with E-state index in [0.717, 1.165) is 35.7 Å². The lowest BCUT2D eigenvalue weighted by Gasteiger charge is -2.35. The van der Waals surface area contributed by atoms with Crippen LogP contribution < -0.4 is 4.90 Å². The number of aryl methyl sites for hydroxylation is 2. The van der Waals surface area contributed by atoms with E-state index in [0.29, 0.717) is 24.3 Å². The normalized spacial score (nSPS) is 17.9. The summed E-state index contributed by atoms with van der Waals surface area (Å²) in [5, 5.41) is 19.9. The average molecular weight is 565 g/mol. The first kappa shape index (κ1) is 27.6. The van der Waals surface area contributed by atoms with Crippen molar-refractivity contribution in [2.45, 2.75) is 44.6 Å². The highest BCUT2D eigenvalue weighted by molar-refractivity contribution is 7.89. The number of fused-ring (bicyclic) bond motifs is 1. The Bertz CT molecular complexity index is 1600.